The first-order chi connectivity index (χ1) is 15.1. The first kappa shape index (κ1) is 24.0. The van der Waals surface area contributed by atoms with Crippen molar-refractivity contribution in [2.75, 3.05) is 17.7 Å². The Morgan fingerprint density at radius 3 is 1.81 bits per heavy atom. The van der Waals surface area contributed by atoms with E-state index >= 15 is 0 Å². The molecule has 0 bridgehead atoms. The molecule has 3 aromatic rings. The highest BCUT2D eigenvalue weighted by molar-refractivity contribution is 14.1. The van der Waals surface area contributed by atoms with Crippen molar-refractivity contribution in [3.05, 3.63) is 72.4 Å². The highest BCUT2D eigenvalue weighted by atomic mass is 127. The summed E-state index contributed by atoms with van der Waals surface area (Å²) in [4.78, 5) is 25.5. The number of methoxy groups -OCH3 is 1. The number of benzene rings is 3. The van der Waals surface area contributed by atoms with E-state index in [1.165, 1.54) is 37.4 Å². The van der Waals surface area contributed by atoms with Gasteiger partial charge in [-0.25, -0.2) is 8.78 Å². The topological polar surface area (TPSA) is 108 Å². The van der Waals surface area contributed by atoms with E-state index in [-0.39, 0.29) is 46.9 Å². The van der Waals surface area contributed by atoms with Crippen LogP contribution in [0.3, 0.4) is 0 Å². The average molecular weight is 666 g/mol. The summed E-state index contributed by atoms with van der Waals surface area (Å²) in [5, 5.41) is 23.7. The van der Waals surface area contributed by atoms with E-state index in [1.807, 2.05) is 0 Å². The average Bonchev–Trinajstić information content (AvgIpc) is 2.72. The monoisotopic (exact) mass is 666 g/mol. The van der Waals surface area contributed by atoms with Crippen molar-refractivity contribution in [3.63, 3.8) is 0 Å². The highest BCUT2D eigenvalue weighted by Gasteiger charge is 2.20. The lowest BCUT2D eigenvalue weighted by atomic mass is 10.1. The quantitative estimate of drug-likeness (QED) is 0.224. The smallest absolute Gasteiger partial charge is 0.259 e. The lowest BCUT2D eigenvalue weighted by Gasteiger charge is -2.14. The van der Waals surface area contributed by atoms with Gasteiger partial charge >= 0.3 is 0 Å². The van der Waals surface area contributed by atoms with Crippen molar-refractivity contribution < 1.29 is 33.3 Å². The van der Waals surface area contributed by atoms with Crippen LogP contribution in [0.25, 0.3) is 0 Å². The molecule has 7 nitrogen and oxygen atoms in total. The molecule has 166 valence electrons. The Balaban J connectivity index is 1.92. The number of nitrogens with one attached hydrogen (secondary N) is 2. The summed E-state index contributed by atoms with van der Waals surface area (Å²) in [5.74, 6) is -3.60. The van der Waals surface area contributed by atoms with Gasteiger partial charge in [0, 0.05) is 24.8 Å². The summed E-state index contributed by atoms with van der Waals surface area (Å²) in [7, 11) is 1.32. The third-order valence-electron chi connectivity index (χ3n) is 4.24. The van der Waals surface area contributed by atoms with Gasteiger partial charge in [-0.1, -0.05) is 0 Å². The van der Waals surface area contributed by atoms with Gasteiger partial charge < -0.3 is 25.6 Å². The molecule has 0 aliphatic heterocycles. The number of aromatic hydroxyl groups is 2. The maximum absolute atomic E-state index is 14.2. The Morgan fingerprint density at radius 2 is 1.34 bits per heavy atom. The molecule has 0 aliphatic rings. The van der Waals surface area contributed by atoms with Gasteiger partial charge in [-0.15, -0.1) is 0 Å². The number of halogens is 4. The van der Waals surface area contributed by atoms with Crippen LogP contribution in [-0.2, 0) is 0 Å². The molecule has 2 amide bonds. The third kappa shape index (κ3) is 5.20. The highest BCUT2D eigenvalue weighted by Crippen LogP contribution is 2.30. The number of anilines is 2. The van der Waals surface area contributed by atoms with Crippen LogP contribution in [0.15, 0.2) is 42.5 Å². The molecular formula is C21H14F2I2N2O5. The van der Waals surface area contributed by atoms with E-state index in [0.29, 0.717) is 0 Å². The van der Waals surface area contributed by atoms with E-state index in [0.717, 1.165) is 12.1 Å². The molecule has 11 heteroatoms. The first-order valence-electron chi connectivity index (χ1n) is 8.77. The molecule has 0 saturated heterocycles. The molecule has 4 N–H and O–H groups in total. The van der Waals surface area contributed by atoms with Crippen molar-refractivity contribution in [3.8, 4) is 17.2 Å². The molecule has 0 aliphatic carbocycles. The number of ether oxygens (including phenoxy) is 1. The second-order valence-corrected chi connectivity index (χ2v) is 8.72. The minimum atomic E-state index is -0.840. The Hall–Kier alpha value is -2.68. The molecule has 0 aromatic heterocycles. The van der Waals surface area contributed by atoms with Crippen LogP contribution in [0.2, 0.25) is 0 Å². The zero-order valence-corrected chi connectivity index (χ0v) is 20.5. The first-order valence-corrected chi connectivity index (χ1v) is 10.9. The van der Waals surface area contributed by atoms with E-state index in [2.05, 4.69) is 10.6 Å². The third-order valence-corrected chi connectivity index (χ3v) is 5.94. The van der Waals surface area contributed by atoms with Crippen molar-refractivity contribution >= 4 is 68.4 Å². The maximum Gasteiger partial charge on any atom is 0.259 e. The summed E-state index contributed by atoms with van der Waals surface area (Å²) in [6, 6.07) is 8.24. The molecule has 0 radical (unpaired) electrons. The lowest BCUT2D eigenvalue weighted by Crippen LogP contribution is -2.18. The van der Waals surface area contributed by atoms with Gasteiger partial charge in [0.15, 0.2) is 11.6 Å². The van der Waals surface area contributed by atoms with E-state index < -0.39 is 23.4 Å². The summed E-state index contributed by atoms with van der Waals surface area (Å²) in [5.41, 5.74) is -0.327. The van der Waals surface area contributed by atoms with Gasteiger partial charge in [0.2, 0.25) is 0 Å². The SMILES string of the molecule is COc1ccc(C(=O)Nc2c(F)cc(O)cc2I)cc1C(=O)Nc1c(F)cc(O)cc1I. The number of carbonyl (C=O) groups is 2. The van der Waals surface area contributed by atoms with Crippen LogP contribution in [0.4, 0.5) is 20.2 Å². The second-order valence-electron chi connectivity index (χ2n) is 6.39. The Bertz CT molecular complexity index is 1190. The van der Waals surface area contributed by atoms with E-state index in [9.17, 15) is 28.6 Å². The molecular weight excluding hydrogens is 652 g/mol. The van der Waals surface area contributed by atoms with Gasteiger partial charge in [0.05, 0.1) is 24.0 Å². The van der Waals surface area contributed by atoms with Crippen LogP contribution in [-0.4, -0.2) is 29.1 Å². The maximum atomic E-state index is 14.2. The summed E-state index contributed by atoms with van der Waals surface area (Å²) in [6.07, 6.45) is 0. The number of phenolic OH excluding ortho intramolecular Hbond substituents is 2. The van der Waals surface area contributed by atoms with E-state index in [4.69, 9.17) is 4.74 Å². The predicted octanol–water partition coefficient (Wildman–Crippen LogP) is 5.10. The van der Waals surface area contributed by atoms with Crippen molar-refractivity contribution in [1.82, 2.24) is 0 Å². The standard InChI is InChI=1S/C21H14F2I2N2O5/c1-32-17-3-2-9(20(30)26-18-13(22)5-10(28)7-15(18)24)4-12(17)21(31)27-19-14(23)6-11(29)8-16(19)25/h2-8,28-29H,1H3,(H,26,30)(H,27,31). The van der Waals surface area contributed by atoms with Gasteiger partial charge in [-0.3, -0.25) is 9.59 Å². The zero-order valence-electron chi connectivity index (χ0n) is 16.2. The van der Waals surface area contributed by atoms with Crippen LogP contribution in [0.1, 0.15) is 20.7 Å². The molecule has 0 saturated carbocycles. The number of carbonyl (C=O) groups excluding carboxylic acids is 2. The van der Waals surface area contributed by atoms with Gasteiger partial charge in [-0.2, -0.15) is 0 Å². The summed E-state index contributed by atoms with van der Waals surface area (Å²) < 4.78 is 34.0. The normalized spacial score (nSPS) is 10.5. The molecule has 32 heavy (non-hydrogen) atoms. The largest absolute Gasteiger partial charge is 0.508 e. The summed E-state index contributed by atoms with van der Waals surface area (Å²) in [6.45, 7) is 0. The number of rotatable bonds is 5. The van der Waals surface area contributed by atoms with Gasteiger partial charge in [0.1, 0.15) is 17.2 Å². The fourth-order valence-corrected chi connectivity index (χ4v) is 4.17. The molecule has 0 fully saturated rings. The fraction of sp³-hybridized carbons (Fsp3) is 0.0476. The Morgan fingerprint density at radius 1 is 0.844 bits per heavy atom. The molecule has 0 atom stereocenters. The van der Waals surface area contributed by atoms with Crippen molar-refractivity contribution in [2.24, 2.45) is 0 Å². The van der Waals surface area contributed by atoms with Gasteiger partial charge in [0.25, 0.3) is 11.8 Å². The fourth-order valence-electron chi connectivity index (χ4n) is 2.75. The van der Waals surface area contributed by atoms with E-state index in [1.54, 1.807) is 45.2 Å². The Kier molecular flexibility index (Phi) is 7.38. The molecule has 0 unspecified atom stereocenters. The number of phenols is 2. The lowest BCUT2D eigenvalue weighted by molar-refractivity contribution is 0.102. The molecule has 0 spiro atoms. The molecule has 3 aromatic carbocycles. The Labute approximate surface area is 208 Å². The predicted molar refractivity (Wildman–Crippen MR) is 130 cm³/mol. The second kappa shape index (κ2) is 9.85. The van der Waals surface area contributed by atoms with Crippen LogP contribution < -0.4 is 15.4 Å². The van der Waals surface area contributed by atoms with Crippen molar-refractivity contribution in [2.45, 2.75) is 0 Å². The summed E-state index contributed by atoms with van der Waals surface area (Å²) >= 11 is 3.52. The van der Waals surface area contributed by atoms with Crippen molar-refractivity contribution in [1.29, 1.82) is 0 Å². The minimum Gasteiger partial charge on any atom is -0.508 e. The number of hydrogen-bond donors (Lipinski definition) is 4. The van der Waals surface area contributed by atoms with Crippen LogP contribution in [0.5, 0.6) is 17.2 Å². The molecule has 0 heterocycles. The van der Waals surface area contributed by atoms with Crippen LogP contribution >= 0.6 is 45.2 Å². The van der Waals surface area contributed by atoms with Gasteiger partial charge in [-0.05, 0) is 75.5 Å². The number of hydrogen-bond acceptors (Lipinski definition) is 5. The number of amides is 2. The zero-order chi connectivity index (χ0) is 23.6. The molecule has 3 rings (SSSR count). The minimum absolute atomic E-state index is 0.0140. The van der Waals surface area contributed by atoms with Crippen LogP contribution in [0, 0.1) is 18.8 Å².